The smallest absolute Gasteiger partial charge is 0.253 e. The van der Waals surface area contributed by atoms with Gasteiger partial charge in [-0.3, -0.25) is 14.5 Å². The van der Waals surface area contributed by atoms with E-state index in [1.807, 2.05) is 6.07 Å². The van der Waals surface area contributed by atoms with Crippen LogP contribution in [0.1, 0.15) is 65.7 Å². The summed E-state index contributed by atoms with van der Waals surface area (Å²) in [5, 5.41) is 10.1. The number of Topliss-reactive ketones (excluding diaryl/α,β-unsaturated/α-hetero) is 1. The maximum Gasteiger partial charge on any atom is 0.253 e. The van der Waals surface area contributed by atoms with Crippen molar-refractivity contribution in [3.05, 3.63) is 58.7 Å². The number of fused-ring (bicyclic) bond motifs is 2. The summed E-state index contributed by atoms with van der Waals surface area (Å²) in [4.78, 5) is 29.2. The second-order valence-electron chi connectivity index (χ2n) is 9.31. The summed E-state index contributed by atoms with van der Waals surface area (Å²) in [7, 11) is 2.10. The van der Waals surface area contributed by atoms with Gasteiger partial charge in [-0.2, -0.15) is 0 Å². The van der Waals surface area contributed by atoms with E-state index >= 15 is 0 Å². The Balaban J connectivity index is 1.55. The predicted octanol–water partition coefficient (Wildman–Crippen LogP) is 3.13. The van der Waals surface area contributed by atoms with Crippen molar-refractivity contribution in [2.45, 2.75) is 51.3 Å². The first-order chi connectivity index (χ1) is 14.5. The van der Waals surface area contributed by atoms with Crippen LogP contribution >= 0.6 is 0 Å². The van der Waals surface area contributed by atoms with Gasteiger partial charge in [0, 0.05) is 49.9 Å². The van der Waals surface area contributed by atoms with Crippen LogP contribution in [-0.4, -0.2) is 57.8 Å². The van der Waals surface area contributed by atoms with Gasteiger partial charge in [-0.25, -0.2) is 4.39 Å². The largest absolute Gasteiger partial charge is 0.386 e. The van der Waals surface area contributed by atoms with Gasteiger partial charge in [0.1, 0.15) is 5.82 Å². The maximum atomic E-state index is 14.5. The van der Waals surface area contributed by atoms with E-state index in [1.54, 1.807) is 17.9 Å². The highest BCUT2D eigenvalue weighted by Gasteiger charge is 2.45. The summed E-state index contributed by atoms with van der Waals surface area (Å²) in [6, 6.07) is 8.24. The SMILES string of the molecule is CC(=O)c1ccc2n1CCN(C)C21CCN(C(=O)c2ccc(C(C)(C)O)c(F)c2)CC1. The predicted molar refractivity (Wildman–Crippen MR) is 116 cm³/mol. The van der Waals surface area contributed by atoms with Crippen LogP contribution in [0, 0.1) is 5.82 Å². The highest BCUT2D eigenvalue weighted by Crippen LogP contribution is 2.41. The molecule has 1 N–H and O–H groups in total. The molecule has 0 aliphatic carbocycles. The number of halogens is 1. The van der Waals surface area contributed by atoms with Gasteiger partial charge in [0.2, 0.25) is 0 Å². The minimum Gasteiger partial charge on any atom is -0.386 e. The van der Waals surface area contributed by atoms with Crippen LogP contribution in [0.25, 0.3) is 0 Å². The van der Waals surface area contributed by atoms with E-state index < -0.39 is 11.4 Å². The number of aliphatic hydroxyl groups is 1. The summed E-state index contributed by atoms with van der Waals surface area (Å²) in [5.41, 5.74) is 0.830. The number of benzene rings is 1. The quantitative estimate of drug-likeness (QED) is 0.765. The molecule has 1 fully saturated rings. The van der Waals surface area contributed by atoms with E-state index in [1.165, 1.54) is 26.0 Å². The number of hydrogen-bond donors (Lipinski definition) is 1. The van der Waals surface area contributed by atoms with Crippen molar-refractivity contribution in [3.8, 4) is 0 Å². The van der Waals surface area contributed by atoms with Gasteiger partial charge in [-0.05, 0) is 58.0 Å². The molecule has 7 heteroatoms. The molecule has 1 amide bonds. The zero-order valence-corrected chi connectivity index (χ0v) is 18.6. The minimum absolute atomic E-state index is 0.0649. The van der Waals surface area contributed by atoms with Gasteiger partial charge in [-0.1, -0.05) is 6.07 Å². The van der Waals surface area contributed by atoms with Crippen LogP contribution in [0.5, 0.6) is 0 Å². The number of piperidine rings is 1. The molecular weight excluding hydrogens is 397 g/mol. The summed E-state index contributed by atoms with van der Waals surface area (Å²) in [6.45, 7) is 7.37. The lowest BCUT2D eigenvalue weighted by molar-refractivity contribution is 0.0127. The first kappa shape index (κ1) is 21.7. The van der Waals surface area contributed by atoms with E-state index in [0.717, 1.165) is 37.3 Å². The van der Waals surface area contributed by atoms with E-state index in [2.05, 4.69) is 22.6 Å². The second-order valence-corrected chi connectivity index (χ2v) is 9.31. The van der Waals surface area contributed by atoms with E-state index in [4.69, 9.17) is 0 Å². The molecule has 0 radical (unpaired) electrons. The highest BCUT2D eigenvalue weighted by atomic mass is 19.1. The molecule has 2 aromatic rings. The lowest BCUT2D eigenvalue weighted by atomic mass is 9.81. The number of likely N-dealkylation sites (N-methyl/N-ethyl adjacent to an activating group) is 1. The zero-order chi connectivity index (χ0) is 22.6. The Hall–Kier alpha value is -2.51. The topological polar surface area (TPSA) is 65.8 Å². The standard InChI is InChI=1S/C24H30FN3O3/c1-16(29)20-7-8-21-24(26(4)13-14-28(20)21)9-11-27(12-10-24)22(30)17-5-6-18(19(25)15-17)23(2,3)31/h5-8,15,31H,9-14H2,1-4H3. The number of rotatable bonds is 3. The molecule has 0 atom stereocenters. The van der Waals surface area contributed by atoms with Gasteiger partial charge in [0.05, 0.1) is 16.8 Å². The third kappa shape index (κ3) is 3.59. The summed E-state index contributed by atoms with van der Waals surface area (Å²) in [5.74, 6) is -0.710. The second kappa shape index (κ2) is 7.57. The van der Waals surface area contributed by atoms with Crippen molar-refractivity contribution >= 4 is 11.7 Å². The molecule has 1 saturated heterocycles. The van der Waals surface area contributed by atoms with Crippen LogP contribution in [-0.2, 0) is 17.7 Å². The minimum atomic E-state index is -1.30. The molecule has 0 bridgehead atoms. The normalized spacial score (nSPS) is 18.8. The summed E-state index contributed by atoms with van der Waals surface area (Å²) >= 11 is 0. The molecule has 3 heterocycles. The van der Waals surface area contributed by atoms with Crippen molar-refractivity contribution < 1.29 is 19.1 Å². The number of carbonyl (C=O) groups excluding carboxylic acids is 2. The molecule has 31 heavy (non-hydrogen) atoms. The fraction of sp³-hybridized carbons (Fsp3) is 0.500. The van der Waals surface area contributed by atoms with Gasteiger partial charge in [0.15, 0.2) is 5.78 Å². The molecule has 0 saturated carbocycles. The zero-order valence-electron chi connectivity index (χ0n) is 18.6. The molecule has 6 nitrogen and oxygen atoms in total. The van der Waals surface area contributed by atoms with E-state index in [9.17, 15) is 19.1 Å². The molecule has 2 aliphatic heterocycles. The Kier molecular flexibility index (Phi) is 5.30. The van der Waals surface area contributed by atoms with Crippen LogP contribution in [0.2, 0.25) is 0 Å². The number of carbonyl (C=O) groups is 2. The molecule has 0 unspecified atom stereocenters. The Bertz CT molecular complexity index is 1030. The van der Waals surface area contributed by atoms with Crippen molar-refractivity contribution in [2.75, 3.05) is 26.7 Å². The number of nitrogens with zero attached hydrogens (tertiary/aromatic N) is 3. The third-order valence-electron chi connectivity index (χ3n) is 6.96. The van der Waals surface area contributed by atoms with Gasteiger partial charge >= 0.3 is 0 Å². The lowest BCUT2D eigenvalue weighted by Crippen LogP contribution is -2.56. The van der Waals surface area contributed by atoms with E-state index in [-0.39, 0.29) is 22.8 Å². The number of hydrogen-bond acceptors (Lipinski definition) is 4. The Morgan fingerprint density at radius 3 is 2.32 bits per heavy atom. The maximum absolute atomic E-state index is 14.5. The number of likely N-dealkylation sites (tertiary alicyclic amines) is 1. The Morgan fingerprint density at radius 1 is 1.06 bits per heavy atom. The summed E-state index contributed by atoms with van der Waals surface area (Å²) < 4.78 is 16.6. The van der Waals surface area contributed by atoms with Crippen LogP contribution < -0.4 is 0 Å². The average Bonchev–Trinajstić information content (AvgIpc) is 3.15. The number of amides is 1. The molecule has 166 valence electrons. The molecule has 1 aromatic heterocycles. The number of aromatic nitrogens is 1. The first-order valence-electron chi connectivity index (χ1n) is 10.8. The third-order valence-corrected chi connectivity index (χ3v) is 6.96. The van der Waals surface area contributed by atoms with Crippen LogP contribution in [0.4, 0.5) is 4.39 Å². The molecule has 2 aliphatic rings. The molecule has 1 spiro atoms. The average molecular weight is 428 g/mol. The fourth-order valence-electron chi connectivity index (χ4n) is 5.13. The Labute approximate surface area is 182 Å². The highest BCUT2D eigenvalue weighted by molar-refractivity contribution is 5.94. The lowest BCUT2D eigenvalue weighted by Gasteiger charge is -2.50. The van der Waals surface area contributed by atoms with Gasteiger partial charge < -0.3 is 14.6 Å². The van der Waals surface area contributed by atoms with Crippen molar-refractivity contribution in [1.29, 1.82) is 0 Å². The molecule has 4 rings (SSSR count). The Morgan fingerprint density at radius 2 is 1.74 bits per heavy atom. The van der Waals surface area contributed by atoms with Crippen LogP contribution in [0.15, 0.2) is 30.3 Å². The van der Waals surface area contributed by atoms with E-state index in [0.29, 0.717) is 18.7 Å². The van der Waals surface area contributed by atoms with Crippen molar-refractivity contribution in [3.63, 3.8) is 0 Å². The molecule has 1 aromatic carbocycles. The van der Waals surface area contributed by atoms with Crippen LogP contribution in [0.3, 0.4) is 0 Å². The van der Waals surface area contributed by atoms with Crippen molar-refractivity contribution in [1.82, 2.24) is 14.4 Å². The van der Waals surface area contributed by atoms with Gasteiger partial charge in [0.25, 0.3) is 5.91 Å². The van der Waals surface area contributed by atoms with Crippen molar-refractivity contribution in [2.24, 2.45) is 0 Å². The molecular formula is C24H30FN3O3. The monoisotopic (exact) mass is 427 g/mol. The summed E-state index contributed by atoms with van der Waals surface area (Å²) in [6.07, 6.45) is 1.50. The fourth-order valence-corrected chi connectivity index (χ4v) is 5.13. The van der Waals surface area contributed by atoms with Gasteiger partial charge in [-0.15, -0.1) is 0 Å². The first-order valence-corrected chi connectivity index (χ1v) is 10.8. The number of ketones is 1.